The molecule has 2 aliphatic rings. The number of benzene rings is 3. The molecule has 0 aliphatic heterocycles. The highest BCUT2D eigenvalue weighted by Crippen LogP contribution is 2.39. The molecule has 11 heteroatoms. The average molecular weight is 794 g/mol. The molecule has 2 aliphatic carbocycles. The van der Waals surface area contributed by atoms with Crippen LogP contribution < -0.4 is 19.2 Å². The number of hydrogen-bond donors (Lipinski definition) is 0. The molecule has 1 heterocycles. The third-order valence-electron chi connectivity index (χ3n) is 11.2. The van der Waals surface area contributed by atoms with Crippen molar-refractivity contribution in [3.8, 4) is 17.2 Å². The number of hydrazone groups is 1. The molecule has 0 radical (unpaired) electrons. The maximum Gasteiger partial charge on any atom is 0.333 e. The van der Waals surface area contributed by atoms with Crippen LogP contribution in [0.4, 0.5) is 5.13 Å². The van der Waals surface area contributed by atoms with E-state index >= 15 is 0 Å². The molecular weight excluding hydrogens is 739 g/mol. The molecule has 1 aromatic heterocycles. The van der Waals surface area contributed by atoms with Gasteiger partial charge in [0.05, 0.1) is 28.3 Å². The zero-order valence-electron chi connectivity index (χ0n) is 33.2. The lowest BCUT2D eigenvalue weighted by Crippen LogP contribution is -2.30. The molecule has 302 valence electrons. The van der Waals surface area contributed by atoms with Crippen LogP contribution in [0.3, 0.4) is 0 Å². The smallest absolute Gasteiger partial charge is 0.333 e. The van der Waals surface area contributed by atoms with E-state index < -0.39 is 5.97 Å². The second-order valence-corrected chi connectivity index (χ2v) is 16.1. The number of esters is 3. The normalized spacial score (nSPS) is 19.5. The summed E-state index contributed by atoms with van der Waals surface area (Å²) in [6.45, 7) is 8.33. The lowest BCUT2D eigenvalue weighted by molar-refractivity contribution is -0.145. The summed E-state index contributed by atoms with van der Waals surface area (Å²) in [6.07, 6.45) is 15.5. The maximum atomic E-state index is 13.7. The van der Waals surface area contributed by atoms with Crippen LogP contribution in [0.5, 0.6) is 17.2 Å². The van der Waals surface area contributed by atoms with Crippen LogP contribution >= 0.6 is 11.3 Å². The molecule has 0 N–H and O–H groups in total. The van der Waals surface area contributed by atoms with Gasteiger partial charge in [0, 0.05) is 18.2 Å². The Bertz CT molecular complexity index is 1940. The molecular formula is C46H55N3O7S. The number of para-hydroxylation sites is 1. The van der Waals surface area contributed by atoms with Crippen LogP contribution in [0.2, 0.25) is 0 Å². The Kier molecular flexibility index (Phi) is 15.3. The Labute approximate surface area is 340 Å². The van der Waals surface area contributed by atoms with E-state index in [0.717, 1.165) is 71.6 Å². The Morgan fingerprint density at radius 3 is 2.23 bits per heavy atom. The molecule has 10 nitrogen and oxygen atoms in total. The van der Waals surface area contributed by atoms with Crippen LogP contribution in [-0.2, 0) is 19.1 Å². The standard InChI is InChI=1S/C46H55N3O7S/c1-4-7-8-11-28-49(46-48-40-12-9-10-13-42(40)57-46)47-30-37-29-36(33-16-14-32(5-2)15-17-33)22-27-41(37)56-45(52)35-20-18-34(19-21-35)44(51)55-39-25-23-38(24-26-39)53-31-54-43(50)6-3/h6,9-10,12-13,22-27,29-30,32-35H,3-5,7-8,11,14-21,28,31H2,1-2H3/b47-30+. The lowest BCUT2D eigenvalue weighted by atomic mass is 9.77. The van der Waals surface area contributed by atoms with E-state index in [1.807, 2.05) is 35.5 Å². The summed E-state index contributed by atoms with van der Waals surface area (Å²) in [5.41, 5.74) is 3.00. The zero-order valence-corrected chi connectivity index (χ0v) is 34.1. The molecule has 3 aromatic carbocycles. The average Bonchev–Trinajstić information content (AvgIpc) is 3.69. The van der Waals surface area contributed by atoms with Crippen molar-refractivity contribution in [3.05, 3.63) is 90.5 Å². The Morgan fingerprint density at radius 1 is 0.842 bits per heavy atom. The third kappa shape index (κ3) is 11.8. The fourth-order valence-corrected chi connectivity index (χ4v) is 8.64. The van der Waals surface area contributed by atoms with Crippen LogP contribution in [-0.4, -0.2) is 42.4 Å². The topological polar surface area (TPSA) is 117 Å². The van der Waals surface area contributed by atoms with E-state index in [1.165, 1.54) is 31.2 Å². The number of fused-ring (bicyclic) bond motifs is 1. The summed E-state index contributed by atoms with van der Waals surface area (Å²) < 4.78 is 23.1. The summed E-state index contributed by atoms with van der Waals surface area (Å²) >= 11 is 1.63. The SMILES string of the molecule is C=CC(=O)OCOc1ccc(OC(=O)C2CCC(C(=O)Oc3ccc(C4CCC(CC)CC4)cc3/C=N/N(CCCCCC)c3nc4ccccc4s3)CC2)cc1. The first-order valence-electron chi connectivity index (χ1n) is 20.6. The molecule has 4 aromatic rings. The molecule has 6 rings (SSSR count). The zero-order chi connectivity index (χ0) is 40.0. The van der Waals surface area contributed by atoms with Gasteiger partial charge in [-0.3, -0.25) is 9.59 Å². The van der Waals surface area contributed by atoms with E-state index in [-0.39, 0.29) is 30.6 Å². The van der Waals surface area contributed by atoms with Crippen molar-refractivity contribution >= 4 is 50.8 Å². The van der Waals surface area contributed by atoms with Crippen molar-refractivity contribution in [3.63, 3.8) is 0 Å². The molecule has 0 atom stereocenters. The van der Waals surface area contributed by atoms with Crippen molar-refractivity contribution in [2.24, 2.45) is 22.9 Å². The van der Waals surface area contributed by atoms with E-state index in [9.17, 15) is 14.4 Å². The van der Waals surface area contributed by atoms with Gasteiger partial charge in [-0.1, -0.05) is 75.6 Å². The fraction of sp³-hybridized carbons (Fsp3) is 0.457. The molecule has 0 saturated heterocycles. The first-order chi connectivity index (χ1) is 27.8. The van der Waals surface area contributed by atoms with Gasteiger partial charge in [-0.25, -0.2) is 14.8 Å². The van der Waals surface area contributed by atoms with Crippen molar-refractivity contribution in [1.29, 1.82) is 0 Å². The highest BCUT2D eigenvalue weighted by atomic mass is 32.1. The molecule has 0 spiro atoms. The number of ether oxygens (including phenoxy) is 4. The Balaban J connectivity index is 1.11. The van der Waals surface area contributed by atoms with Gasteiger partial charge in [-0.05, 0) is 124 Å². The second kappa shape index (κ2) is 20.9. The summed E-state index contributed by atoms with van der Waals surface area (Å²) in [6, 6.07) is 20.9. The number of nitrogens with zero attached hydrogens (tertiary/aromatic N) is 3. The van der Waals surface area contributed by atoms with E-state index in [0.29, 0.717) is 48.8 Å². The molecule has 2 fully saturated rings. The van der Waals surface area contributed by atoms with E-state index in [2.05, 4.69) is 38.6 Å². The molecule has 57 heavy (non-hydrogen) atoms. The lowest BCUT2D eigenvalue weighted by Gasteiger charge is -2.28. The van der Waals surface area contributed by atoms with Crippen LogP contribution in [0.15, 0.2) is 84.5 Å². The van der Waals surface area contributed by atoms with Crippen LogP contribution in [0.25, 0.3) is 10.2 Å². The Morgan fingerprint density at radius 2 is 1.54 bits per heavy atom. The molecule has 0 unspecified atom stereocenters. The van der Waals surface area contributed by atoms with Gasteiger partial charge >= 0.3 is 17.9 Å². The summed E-state index contributed by atoms with van der Waals surface area (Å²) in [5, 5.41) is 7.87. The van der Waals surface area contributed by atoms with Gasteiger partial charge in [-0.15, -0.1) is 0 Å². The number of thiazole rings is 1. The quantitative estimate of drug-likeness (QED) is 0.0185. The van der Waals surface area contributed by atoms with E-state index in [1.54, 1.807) is 35.6 Å². The van der Waals surface area contributed by atoms with Gasteiger partial charge in [0.25, 0.3) is 0 Å². The molecule has 0 amide bonds. The summed E-state index contributed by atoms with van der Waals surface area (Å²) in [4.78, 5) is 42.9. The molecule has 0 bridgehead atoms. The number of carbonyl (C=O) groups is 3. The minimum Gasteiger partial charge on any atom is -0.457 e. The first kappa shape index (κ1) is 41.6. The highest BCUT2D eigenvalue weighted by molar-refractivity contribution is 7.22. The van der Waals surface area contributed by atoms with Crippen molar-refractivity contribution in [1.82, 2.24) is 4.98 Å². The van der Waals surface area contributed by atoms with Gasteiger partial charge in [0.15, 0.2) is 0 Å². The number of aromatic nitrogens is 1. The minimum absolute atomic E-state index is 0.251. The van der Waals surface area contributed by atoms with Crippen molar-refractivity contribution in [2.45, 2.75) is 103 Å². The van der Waals surface area contributed by atoms with Crippen molar-refractivity contribution in [2.75, 3.05) is 18.3 Å². The predicted molar refractivity (Wildman–Crippen MR) is 225 cm³/mol. The summed E-state index contributed by atoms with van der Waals surface area (Å²) in [5.74, 6) is 0.762. The number of hydrogen-bond acceptors (Lipinski definition) is 11. The third-order valence-corrected chi connectivity index (χ3v) is 12.3. The highest BCUT2D eigenvalue weighted by Gasteiger charge is 2.33. The first-order valence-corrected chi connectivity index (χ1v) is 21.4. The largest absolute Gasteiger partial charge is 0.457 e. The van der Waals surface area contributed by atoms with Gasteiger partial charge in [-0.2, -0.15) is 5.10 Å². The minimum atomic E-state index is -0.580. The van der Waals surface area contributed by atoms with Crippen LogP contribution in [0.1, 0.15) is 114 Å². The number of rotatable bonds is 18. The van der Waals surface area contributed by atoms with Gasteiger partial charge in [0.1, 0.15) is 17.2 Å². The maximum absolute atomic E-state index is 13.7. The summed E-state index contributed by atoms with van der Waals surface area (Å²) in [7, 11) is 0. The van der Waals surface area contributed by atoms with Crippen molar-refractivity contribution < 1.29 is 33.3 Å². The Hall–Kier alpha value is -5.03. The monoisotopic (exact) mass is 793 g/mol. The molecule has 2 saturated carbocycles. The number of unbranched alkanes of at least 4 members (excludes halogenated alkanes) is 3. The van der Waals surface area contributed by atoms with Gasteiger partial charge in [0.2, 0.25) is 11.9 Å². The fourth-order valence-electron chi connectivity index (χ4n) is 7.69. The van der Waals surface area contributed by atoms with Crippen LogP contribution in [0, 0.1) is 17.8 Å². The predicted octanol–water partition coefficient (Wildman–Crippen LogP) is 10.8. The number of anilines is 1. The van der Waals surface area contributed by atoms with Gasteiger partial charge < -0.3 is 18.9 Å². The second-order valence-electron chi connectivity index (χ2n) is 15.1. The van der Waals surface area contributed by atoms with E-state index in [4.69, 9.17) is 29.0 Å². The number of carbonyl (C=O) groups excluding carboxylic acids is 3.